The number of aliphatic hydroxyl groups excluding tert-OH is 1. The molecule has 0 aliphatic heterocycles. The Morgan fingerprint density at radius 2 is 2.10 bits per heavy atom. The lowest BCUT2D eigenvalue weighted by molar-refractivity contribution is 0.0694. The van der Waals surface area contributed by atoms with E-state index in [4.69, 9.17) is 5.11 Å². The summed E-state index contributed by atoms with van der Waals surface area (Å²) in [6.45, 7) is 3.81. The first-order chi connectivity index (χ1) is 9.85. The summed E-state index contributed by atoms with van der Waals surface area (Å²) in [6, 6.07) is 2.64. The van der Waals surface area contributed by atoms with E-state index in [2.05, 4.69) is 10.3 Å². The molecule has 3 N–H and O–H groups in total. The third-order valence-corrected chi connectivity index (χ3v) is 3.87. The van der Waals surface area contributed by atoms with Crippen molar-refractivity contribution in [3.63, 3.8) is 0 Å². The summed E-state index contributed by atoms with van der Waals surface area (Å²) in [6.07, 6.45) is 3.25. The first-order valence-electron chi connectivity index (χ1n) is 6.96. The normalized spacial score (nSPS) is 16.3. The van der Waals surface area contributed by atoms with Crippen molar-refractivity contribution in [2.45, 2.75) is 32.7 Å². The monoisotopic (exact) mass is 292 g/mol. The van der Waals surface area contributed by atoms with Crippen molar-refractivity contribution in [2.75, 3.05) is 6.61 Å². The van der Waals surface area contributed by atoms with Gasteiger partial charge in [-0.25, -0.2) is 4.79 Å². The number of aromatic carboxylic acids is 1. The molecule has 1 fully saturated rings. The van der Waals surface area contributed by atoms with E-state index in [1.807, 2.05) is 13.8 Å². The van der Waals surface area contributed by atoms with Crippen molar-refractivity contribution in [1.82, 2.24) is 10.3 Å². The van der Waals surface area contributed by atoms with Gasteiger partial charge in [0.1, 0.15) is 5.69 Å². The number of aliphatic hydroxyl groups is 1. The lowest BCUT2D eigenvalue weighted by atomic mass is 9.82. The van der Waals surface area contributed by atoms with E-state index in [1.54, 1.807) is 0 Å². The van der Waals surface area contributed by atoms with Crippen LogP contribution >= 0.6 is 0 Å². The van der Waals surface area contributed by atoms with Gasteiger partial charge >= 0.3 is 5.97 Å². The predicted octanol–water partition coefficient (Wildman–Crippen LogP) is 1.31. The van der Waals surface area contributed by atoms with E-state index in [0.717, 1.165) is 12.8 Å². The van der Waals surface area contributed by atoms with Gasteiger partial charge in [0.05, 0.1) is 12.2 Å². The number of amides is 1. The molecule has 1 amide bonds. The van der Waals surface area contributed by atoms with Gasteiger partial charge in [-0.1, -0.05) is 13.8 Å². The van der Waals surface area contributed by atoms with E-state index < -0.39 is 11.4 Å². The topological polar surface area (TPSA) is 99.5 Å². The number of carboxylic acid groups (broad SMARTS) is 1. The van der Waals surface area contributed by atoms with Gasteiger partial charge in [-0.15, -0.1) is 0 Å². The minimum Gasteiger partial charge on any atom is -0.478 e. The van der Waals surface area contributed by atoms with Crippen molar-refractivity contribution >= 4 is 11.9 Å². The zero-order valence-electron chi connectivity index (χ0n) is 12.2. The first kappa shape index (κ1) is 15.4. The summed E-state index contributed by atoms with van der Waals surface area (Å²) < 4.78 is 0. The van der Waals surface area contributed by atoms with Crippen LogP contribution in [0.25, 0.3) is 0 Å². The maximum absolute atomic E-state index is 12.2. The highest BCUT2D eigenvalue weighted by Gasteiger charge is 2.41. The summed E-state index contributed by atoms with van der Waals surface area (Å²) in [5.74, 6) is -1.04. The second-order valence-electron chi connectivity index (χ2n) is 6.17. The standard InChI is InChI=1S/C15H20N2O4/c1-15(2,8-18)12(9-3-4-9)17-13(19)11-6-5-10(7-16-11)14(20)21/h5-7,9,12,18H,3-4,8H2,1-2H3,(H,17,19)(H,20,21). The number of pyridine rings is 1. The number of carboxylic acids is 1. The fourth-order valence-corrected chi connectivity index (χ4v) is 2.35. The molecule has 6 heteroatoms. The third-order valence-electron chi connectivity index (χ3n) is 3.87. The van der Waals surface area contributed by atoms with Crippen LogP contribution in [0.1, 0.15) is 47.5 Å². The van der Waals surface area contributed by atoms with Crippen molar-refractivity contribution in [1.29, 1.82) is 0 Å². The van der Waals surface area contributed by atoms with Gasteiger partial charge in [0.25, 0.3) is 5.91 Å². The van der Waals surface area contributed by atoms with E-state index in [-0.39, 0.29) is 29.8 Å². The van der Waals surface area contributed by atoms with Crippen molar-refractivity contribution in [3.05, 3.63) is 29.6 Å². The fourth-order valence-electron chi connectivity index (χ4n) is 2.35. The molecule has 1 aliphatic carbocycles. The zero-order valence-corrected chi connectivity index (χ0v) is 12.2. The maximum Gasteiger partial charge on any atom is 0.337 e. The minimum absolute atomic E-state index is 0.0141. The molecule has 0 saturated heterocycles. The molecule has 0 aromatic carbocycles. The Balaban J connectivity index is 2.10. The predicted molar refractivity (Wildman–Crippen MR) is 76.0 cm³/mol. The molecule has 114 valence electrons. The Morgan fingerprint density at radius 1 is 1.43 bits per heavy atom. The summed E-state index contributed by atoms with van der Waals surface area (Å²) in [7, 11) is 0. The number of hydrogen-bond acceptors (Lipinski definition) is 4. The van der Waals surface area contributed by atoms with Crippen molar-refractivity contribution in [2.24, 2.45) is 11.3 Å². The molecule has 1 atom stereocenters. The highest BCUT2D eigenvalue weighted by atomic mass is 16.4. The Morgan fingerprint density at radius 3 is 2.52 bits per heavy atom. The van der Waals surface area contributed by atoms with Gasteiger partial charge in [0.15, 0.2) is 0 Å². The second kappa shape index (κ2) is 5.81. The molecule has 6 nitrogen and oxygen atoms in total. The van der Waals surface area contributed by atoms with E-state index >= 15 is 0 Å². The Kier molecular flexibility index (Phi) is 4.27. The van der Waals surface area contributed by atoms with Gasteiger partial charge in [0, 0.05) is 17.7 Å². The highest BCUT2D eigenvalue weighted by molar-refractivity contribution is 5.94. The molecule has 21 heavy (non-hydrogen) atoms. The number of carbonyl (C=O) groups is 2. The molecule has 1 aromatic heterocycles. The molecule has 1 heterocycles. The van der Waals surface area contributed by atoms with Gasteiger partial charge < -0.3 is 15.5 Å². The first-order valence-corrected chi connectivity index (χ1v) is 6.96. The van der Waals surface area contributed by atoms with Crippen molar-refractivity contribution in [3.8, 4) is 0 Å². The Bertz CT molecular complexity index is 535. The number of aromatic nitrogens is 1. The molecular weight excluding hydrogens is 272 g/mol. The molecule has 1 saturated carbocycles. The van der Waals surface area contributed by atoms with E-state index in [0.29, 0.717) is 5.92 Å². The number of nitrogens with one attached hydrogen (secondary N) is 1. The van der Waals surface area contributed by atoms with Gasteiger partial charge in [-0.2, -0.15) is 0 Å². The largest absolute Gasteiger partial charge is 0.478 e. The zero-order chi connectivity index (χ0) is 15.6. The number of carbonyl (C=O) groups excluding carboxylic acids is 1. The minimum atomic E-state index is -1.08. The van der Waals surface area contributed by atoms with Gasteiger partial charge in [-0.3, -0.25) is 9.78 Å². The average Bonchev–Trinajstić information content (AvgIpc) is 3.28. The summed E-state index contributed by atoms with van der Waals surface area (Å²) in [5.41, 5.74) is -0.182. The second-order valence-corrected chi connectivity index (χ2v) is 6.17. The Hall–Kier alpha value is -1.95. The SMILES string of the molecule is CC(C)(CO)C(NC(=O)c1ccc(C(=O)O)cn1)C1CC1. The maximum atomic E-state index is 12.2. The molecule has 1 aromatic rings. The Labute approximate surface area is 123 Å². The number of nitrogens with zero attached hydrogens (tertiary/aromatic N) is 1. The molecular formula is C15H20N2O4. The number of hydrogen-bond donors (Lipinski definition) is 3. The smallest absolute Gasteiger partial charge is 0.337 e. The third kappa shape index (κ3) is 3.58. The van der Waals surface area contributed by atoms with Crippen LogP contribution in [0, 0.1) is 11.3 Å². The van der Waals surface area contributed by atoms with Crippen molar-refractivity contribution < 1.29 is 19.8 Å². The van der Waals surface area contributed by atoms with E-state index in [1.165, 1.54) is 18.3 Å². The molecule has 0 radical (unpaired) electrons. The van der Waals surface area contributed by atoms with Crippen LogP contribution in [0.3, 0.4) is 0 Å². The number of rotatable bonds is 6. The van der Waals surface area contributed by atoms with Crippen LogP contribution in [-0.2, 0) is 0 Å². The van der Waals surface area contributed by atoms with Gasteiger partial charge in [-0.05, 0) is 30.9 Å². The van der Waals surface area contributed by atoms with Crippen LogP contribution in [0.5, 0.6) is 0 Å². The molecule has 0 spiro atoms. The van der Waals surface area contributed by atoms with E-state index in [9.17, 15) is 14.7 Å². The summed E-state index contributed by atoms with van der Waals surface area (Å²) >= 11 is 0. The molecule has 2 rings (SSSR count). The lowest BCUT2D eigenvalue weighted by Crippen LogP contribution is -2.48. The van der Waals surface area contributed by atoms with Crippen LogP contribution in [-0.4, -0.2) is 39.7 Å². The highest BCUT2D eigenvalue weighted by Crippen LogP contribution is 2.40. The molecule has 0 bridgehead atoms. The average molecular weight is 292 g/mol. The van der Waals surface area contributed by atoms with Crippen LogP contribution in [0.2, 0.25) is 0 Å². The summed E-state index contributed by atoms with van der Waals surface area (Å²) in [5, 5.41) is 21.2. The van der Waals surface area contributed by atoms with Crippen LogP contribution in [0.4, 0.5) is 0 Å². The van der Waals surface area contributed by atoms with Crippen LogP contribution < -0.4 is 5.32 Å². The molecule has 1 aliphatic rings. The van der Waals surface area contributed by atoms with Gasteiger partial charge in [0.2, 0.25) is 0 Å². The lowest BCUT2D eigenvalue weighted by Gasteiger charge is -2.33. The fraction of sp³-hybridized carbons (Fsp3) is 0.533. The quantitative estimate of drug-likeness (QED) is 0.734. The van der Waals surface area contributed by atoms with Crippen LogP contribution in [0.15, 0.2) is 18.3 Å². The summed E-state index contributed by atoms with van der Waals surface area (Å²) in [4.78, 5) is 26.9. The molecule has 1 unspecified atom stereocenters.